The molecule has 112 valence electrons. The third-order valence-electron chi connectivity index (χ3n) is 2.40. The minimum Gasteiger partial charge on any atom is -0.310 e. The van der Waals surface area contributed by atoms with Crippen molar-refractivity contribution in [1.82, 2.24) is 0 Å². The number of sulfonamides is 1. The van der Waals surface area contributed by atoms with Crippen molar-refractivity contribution in [2.45, 2.75) is 4.21 Å². The standard InChI is InChI=1S/C10H9FN4O4S2/c11-6-3-1-2-4-7(6)14-21(18,19)9-5-8(15(16)17)10(13-12)20-9/h1-5,13-14H,12H2. The molecule has 0 saturated carbocycles. The lowest BCUT2D eigenvalue weighted by Gasteiger charge is -2.06. The maximum atomic E-state index is 13.5. The molecule has 11 heteroatoms. The van der Waals surface area contributed by atoms with Crippen molar-refractivity contribution in [3.05, 3.63) is 46.3 Å². The quantitative estimate of drug-likeness (QED) is 0.436. The van der Waals surface area contributed by atoms with Crippen LogP contribution in [-0.2, 0) is 10.0 Å². The van der Waals surface area contributed by atoms with Gasteiger partial charge in [0.15, 0.2) is 5.00 Å². The second-order valence-electron chi connectivity index (χ2n) is 3.77. The Labute approximate surface area is 122 Å². The zero-order valence-corrected chi connectivity index (χ0v) is 11.9. The fourth-order valence-corrected chi connectivity index (χ4v) is 3.77. The molecule has 0 amide bonds. The van der Waals surface area contributed by atoms with Crippen LogP contribution in [0.2, 0.25) is 0 Å². The van der Waals surface area contributed by atoms with Crippen LogP contribution in [-0.4, -0.2) is 13.3 Å². The van der Waals surface area contributed by atoms with Crippen molar-refractivity contribution in [3.63, 3.8) is 0 Å². The van der Waals surface area contributed by atoms with E-state index in [2.05, 4.69) is 5.43 Å². The van der Waals surface area contributed by atoms with Crippen LogP contribution < -0.4 is 16.0 Å². The molecule has 0 atom stereocenters. The Bertz CT molecular complexity index is 790. The van der Waals surface area contributed by atoms with E-state index in [4.69, 9.17) is 5.84 Å². The van der Waals surface area contributed by atoms with Gasteiger partial charge in [0.25, 0.3) is 10.0 Å². The van der Waals surface area contributed by atoms with Crippen molar-refractivity contribution in [3.8, 4) is 0 Å². The number of halogens is 1. The number of para-hydroxylation sites is 1. The van der Waals surface area contributed by atoms with Crippen LogP contribution in [0, 0.1) is 15.9 Å². The predicted molar refractivity (Wildman–Crippen MR) is 76.0 cm³/mol. The van der Waals surface area contributed by atoms with Crippen molar-refractivity contribution < 1.29 is 17.7 Å². The maximum absolute atomic E-state index is 13.5. The van der Waals surface area contributed by atoms with Gasteiger partial charge in [-0.1, -0.05) is 23.5 Å². The highest BCUT2D eigenvalue weighted by Gasteiger charge is 2.26. The maximum Gasteiger partial charge on any atom is 0.306 e. The lowest BCUT2D eigenvalue weighted by atomic mass is 10.3. The highest BCUT2D eigenvalue weighted by Crippen LogP contribution is 2.37. The molecule has 1 aromatic heterocycles. The molecule has 0 aliphatic heterocycles. The van der Waals surface area contributed by atoms with Crippen molar-refractivity contribution in [1.29, 1.82) is 0 Å². The molecule has 21 heavy (non-hydrogen) atoms. The van der Waals surface area contributed by atoms with Gasteiger partial charge in [-0.05, 0) is 12.1 Å². The minimum absolute atomic E-state index is 0.117. The van der Waals surface area contributed by atoms with Crippen LogP contribution in [0.4, 0.5) is 20.8 Å². The summed E-state index contributed by atoms with van der Waals surface area (Å²) in [7, 11) is -4.15. The Hall–Kier alpha value is -2.24. The van der Waals surface area contributed by atoms with Crippen LogP contribution in [0.25, 0.3) is 0 Å². The van der Waals surface area contributed by atoms with E-state index in [-0.39, 0.29) is 14.9 Å². The van der Waals surface area contributed by atoms with Crippen LogP contribution in [0.5, 0.6) is 0 Å². The van der Waals surface area contributed by atoms with Gasteiger partial charge in [0, 0.05) is 6.07 Å². The van der Waals surface area contributed by atoms with Crippen LogP contribution in [0.3, 0.4) is 0 Å². The number of anilines is 2. The van der Waals surface area contributed by atoms with E-state index in [1.54, 1.807) is 0 Å². The highest BCUT2D eigenvalue weighted by molar-refractivity contribution is 7.94. The molecule has 0 radical (unpaired) electrons. The van der Waals surface area contributed by atoms with Gasteiger partial charge in [-0.2, -0.15) is 0 Å². The Morgan fingerprint density at radius 1 is 1.33 bits per heavy atom. The summed E-state index contributed by atoms with van der Waals surface area (Å²) < 4.78 is 39.3. The number of thiophene rings is 1. The number of nitro groups is 1. The Balaban J connectivity index is 2.41. The molecular weight excluding hydrogens is 323 g/mol. The van der Waals surface area contributed by atoms with Gasteiger partial charge < -0.3 is 5.43 Å². The number of nitrogens with zero attached hydrogens (tertiary/aromatic N) is 1. The molecule has 1 heterocycles. The minimum atomic E-state index is -4.15. The van der Waals surface area contributed by atoms with E-state index in [1.165, 1.54) is 18.2 Å². The number of rotatable bonds is 5. The first-order chi connectivity index (χ1) is 9.85. The van der Waals surface area contributed by atoms with Crippen LogP contribution in [0.15, 0.2) is 34.5 Å². The number of hydrogen-bond acceptors (Lipinski definition) is 7. The molecule has 2 aromatic rings. The van der Waals surface area contributed by atoms with E-state index in [9.17, 15) is 22.9 Å². The molecule has 0 bridgehead atoms. The van der Waals surface area contributed by atoms with E-state index >= 15 is 0 Å². The predicted octanol–water partition coefficient (Wildman–Crippen LogP) is 1.88. The SMILES string of the molecule is NNc1sc(S(=O)(=O)Nc2ccccc2F)cc1[N+](=O)[O-]. The van der Waals surface area contributed by atoms with Gasteiger partial charge in [0.2, 0.25) is 0 Å². The lowest BCUT2D eigenvalue weighted by molar-refractivity contribution is -0.383. The first-order valence-electron chi connectivity index (χ1n) is 5.37. The number of benzene rings is 1. The van der Waals surface area contributed by atoms with E-state index in [0.29, 0.717) is 11.3 Å². The van der Waals surface area contributed by atoms with Gasteiger partial charge in [0.05, 0.1) is 10.6 Å². The number of nitrogen functional groups attached to an aromatic ring is 1. The summed E-state index contributed by atoms with van der Waals surface area (Å²) in [5.41, 5.74) is 1.33. The Morgan fingerprint density at radius 2 is 2.00 bits per heavy atom. The highest BCUT2D eigenvalue weighted by atomic mass is 32.2. The molecule has 0 aliphatic rings. The smallest absolute Gasteiger partial charge is 0.306 e. The fraction of sp³-hybridized carbons (Fsp3) is 0. The van der Waals surface area contributed by atoms with Crippen LogP contribution >= 0.6 is 11.3 Å². The molecule has 0 fully saturated rings. The van der Waals surface area contributed by atoms with E-state index in [1.807, 2.05) is 4.72 Å². The molecule has 2 rings (SSSR count). The first-order valence-corrected chi connectivity index (χ1v) is 7.67. The van der Waals surface area contributed by atoms with E-state index in [0.717, 1.165) is 12.1 Å². The summed E-state index contributed by atoms with van der Waals surface area (Å²) in [5.74, 6) is 4.34. The fourth-order valence-electron chi connectivity index (χ4n) is 1.47. The topological polar surface area (TPSA) is 127 Å². The number of hydrogen-bond donors (Lipinski definition) is 3. The van der Waals surface area contributed by atoms with E-state index < -0.39 is 26.5 Å². The second kappa shape index (κ2) is 5.63. The average Bonchev–Trinajstić information content (AvgIpc) is 2.86. The number of nitrogens with two attached hydrogens (primary N) is 1. The third-order valence-corrected chi connectivity index (χ3v) is 5.30. The summed E-state index contributed by atoms with van der Waals surface area (Å²) in [5, 5.41) is 10.7. The summed E-state index contributed by atoms with van der Waals surface area (Å²) in [4.78, 5) is 10.0. The second-order valence-corrected chi connectivity index (χ2v) is 6.73. The zero-order valence-electron chi connectivity index (χ0n) is 10.2. The summed E-state index contributed by atoms with van der Waals surface area (Å²) >= 11 is 0.569. The summed E-state index contributed by atoms with van der Waals surface area (Å²) in [6, 6.07) is 6.02. The number of hydrazine groups is 1. The van der Waals surface area contributed by atoms with Gasteiger partial charge in [-0.25, -0.2) is 18.7 Å². The normalized spacial score (nSPS) is 11.1. The summed E-state index contributed by atoms with van der Waals surface area (Å²) in [6.07, 6.45) is 0. The Morgan fingerprint density at radius 3 is 2.52 bits per heavy atom. The first kappa shape index (κ1) is 15.2. The molecular formula is C10H9FN4O4S2. The average molecular weight is 332 g/mol. The van der Waals surface area contributed by atoms with Gasteiger partial charge >= 0.3 is 5.69 Å². The van der Waals surface area contributed by atoms with Gasteiger partial charge in [-0.3, -0.25) is 14.8 Å². The summed E-state index contributed by atoms with van der Waals surface area (Å²) in [6.45, 7) is 0. The van der Waals surface area contributed by atoms with Gasteiger partial charge in [0.1, 0.15) is 10.0 Å². The zero-order chi connectivity index (χ0) is 15.6. The lowest BCUT2D eigenvalue weighted by Crippen LogP contribution is -2.12. The molecule has 1 aromatic carbocycles. The van der Waals surface area contributed by atoms with Crippen molar-refractivity contribution >= 4 is 37.7 Å². The monoisotopic (exact) mass is 332 g/mol. The Kier molecular flexibility index (Phi) is 4.06. The third kappa shape index (κ3) is 3.09. The molecule has 0 unspecified atom stereocenters. The molecule has 4 N–H and O–H groups in total. The van der Waals surface area contributed by atoms with Crippen molar-refractivity contribution in [2.24, 2.45) is 5.84 Å². The molecule has 0 spiro atoms. The molecule has 0 aliphatic carbocycles. The molecule has 8 nitrogen and oxygen atoms in total. The van der Waals surface area contributed by atoms with Crippen LogP contribution in [0.1, 0.15) is 0 Å². The number of nitrogens with one attached hydrogen (secondary N) is 2. The van der Waals surface area contributed by atoms with Gasteiger partial charge in [-0.15, -0.1) is 0 Å². The molecule has 0 saturated heterocycles. The van der Waals surface area contributed by atoms with Crippen molar-refractivity contribution in [2.75, 3.05) is 10.1 Å². The largest absolute Gasteiger partial charge is 0.310 e.